The summed E-state index contributed by atoms with van der Waals surface area (Å²) in [5, 5.41) is 7.11. The third kappa shape index (κ3) is 20.2. The van der Waals surface area contributed by atoms with Crippen LogP contribution in [0.25, 0.3) is 132 Å². The average molecular weight is 1790 g/mol. The number of carbonyl (C=O) groups is 2. The fourth-order valence-electron chi connectivity index (χ4n) is 18.0. The van der Waals surface area contributed by atoms with E-state index in [1.54, 1.807) is 22.7 Å². The Morgan fingerprint density at radius 2 is 0.658 bits per heavy atom. The molecule has 0 aliphatic rings. The summed E-state index contributed by atoms with van der Waals surface area (Å²) in [6, 6.07) is 32.2. The summed E-state index contributed by atoms with van der Waals surface area (Å²) in [4.78, 5) is 51.4. The van der Waals surface area contributed by atoms with Gasteiger partial charge in [-0.15, -0.1) is 136 Å². The van der Waals surface area contributed by atoms with Crippen molar-refractivity contribution in [1.82, 2.24) is 0 Å². The number of ketones is 2. The van der Waals surface area contributed by atoms with Gasteiger partial charge >= 0.3 is 0 Å². The lowest BCUT2D eigenvalue weighted by atomic mass is 9.95. The highest BCUT2D eigenvalue weighted by Crippen LogP contribution is 2.61. The maximum atomic E-state index is 17.2. The molecular formula is C102H125FO2S12. The highest BCUT2D eigenvalue weighted by molar-refractivity contribution is 7.36. The lowest BCUT2D eigenvalue weighted by molar-refractivity contribution is 0.0973. The predicted molar refractivity (Wildman–Crippen MR) is 535 cm³/mol. The molecule has 0 amide bonds. The molecule has 12 aromatic heterocycles. The molecule has 14 aromatic rings. The van der Waals surface area contributed by atoms with E-state index in [2.05, 4.69) is 162 Å². The van der Waals surface area contributed by atoms with Crippen LogP contribution in [0, 0.1) is 43.3 Å². The fraction of sp³-hybridized carbons (Fsp3) is 0.510. The highest BCUT2D eigenvalue weighted by Gasteiger charge is 2.33. The standard InChI is InChI=1S/C102H125FO2S12/c1-13-23-29-31-33-35-37-43-77(104)83-61-76-93(116-100(98(76)112-83)85-59-74-89(80-50-46-69(109-80)55-65(20-8)40-26-16-4)94-72(53-62(11)106-94)88(95(74)114-85)79-49-45-68(108-79)54-64(19-7)39-25-15-3)84-58-73-90(81-51-47-70(110-81)56-66(21-9)41-27-17-5)97-75(91(96(73)113-84)82-52-48-71(111-82)57-67(22-10)42-28-18-6)60-86(115-97)101-102-87(63(12)107-101)92(103)99(117-102)78(105)44-38-36-34-32-30-24-14-2/h45-53,58-61,64-67H,13-44,54-57H2,1-12H3. The van der Waals surface area contributed by atoms with Crippen LogP contribution in [0.1, 0.15) is 323 Å². The number of thiophene rings is 12. The van der Waals surface area contributed by atoms with E-state index in [0.29, 0.717) is 46.8 Å². The number of hydrogen-bond acceptors (Lipinski definition) is 14. The van der Waals surface area contributed by atoms with E-state index in [-0.39, 0.29) is 17.4 Å². The van der Waals surface area contributed by atoms with Crippen LogP contribution in [0.5, 0.6) is 0 Å². The van der Waals surface area contributed by atoms with Crippen molar-refractivity contribution in [3.05, 3.63) is 124 Å². The van der Waals surface area contributed by atoms with Crippen LogP contribution in [0.2, 0.25) is 0 Å². The summed E-state index contributed by atoms with van der Waals surface area (Å²) in [6.07, 6.45) is 41.2. The zero-order valence-electron chi connectivity index (χ0n) is 71.9. The van der Waals surface area contributed by atoms with E-state index in [1.807, 2.05) is 102 Å². The Labute approximate surface area is 747 Å². The molecule has 4 unspecified atom stereocenters. The summed E-state index contributed by atoms with van der Waals surface area (Å²) in [6.45, 7) is 27.8. The normalized spacial score (nSPS) is 13.3. The molecule has 2 aromatic carbocycles. The molecule has 15 heteroatoms. The minimum absolute atomic E-state index is 0.0515. The van der Waals surface area contributed by atoms with Crippen LogP contribution in [-0.4, -0.2) is 11.6 Å². The number of Topliss-reactive ketones (excluding diaryl/α,β-unsaturated/α-hetero) is 2. The molecule has 0 fully saturated rings. The van der Waals surface area contributed by atoms with Crippen LogP contribution in [0.4, 0.5) is 4.39 Å². The number of benzene rings is 2. The number of aryl methyl sites for hydroxylation is 2. The van der Waals surface area contributed by atoms with Crippen molar-refractivity contribution in [2.45, 2.75) is 314 Å². The van der Waals surface area contributed by atoms with E-state index >= 15 is 9.18 Å². The summed E-state index contributed by atoms with van der Waals surface area (Å²) in [7, 11) is 0. The van der Waals surface area contributed by atoms with Crippen molar-refractivity contribution in [1.29, 1.82) is 0 Å². The van der Waals surface area contributed by atoms with Crippen LogP contribution in [0.3, 0.4) is 0 Å². The molecule has 0 radical (unpaired) electrons. The number of rotatable bonds is 49. The molecule has 4 atom stereocenters. The highest BCUT2D eigenvalue weighted by atomic mass is 32.1. The van der Waals surface area contributed by atoms with Crippen molar-refractivity contribution in [2.24, 2.45) is 23.7 Å². The van der Waals surface area contributed by atoms with Gasteiger partial charge in [-0.25, -0.2) is 4.39 Å². The lowest BCUT2D eigenvalue weighted by Gasteiger charge is -2.13. The van der Waals surface area contributed by atoms with Crippen LogP contribution in [-0.2, 0) is 25.7 Å². The first-order valence-electron chi connectivity index (χ1n) is 45.4. The third-order valence-corrected chi connectivity index (χ3v) is 39.6. The molecule has 0 saturated carbocycles. The van der Waals surface area contributed by atoms with Crippen molar-refractivity contribution in [3.63, 3.8) is 0 Å². The van der Waals surface area contributed by atoms with Crippen LogP contribution in [0.15, 0.2) is 78.9 Å². The second kappa shape index (κ2) is 42.4. The van der Waals surface area contributed by atoms with Gasteiger partial charge in [-0.05, 0) is 155 Å². The van der Waals surface area contributed by atoms with Gasteiger partial charge in [0.25, 0.3) is 0 Å². The van der Waals surface area contributed by atoms with Gasteiger partial charge in [-0.2, -0.15) is 0 Å². The SMILES string of the molecule is CCCCCCCCCC(=O)c1cc2c(-c3cc4c(-c5ccc(CC(CC)CCCC)s5)c5sc(-c6sc(C)c7c(F)c(C(=O)CCCCCCCCC)sc67)cc5c(-c5ccc(CC(CC)CCCC)s5)c4s3)sc(-c3cc4c(-c5ccc(CC(CC)CCCC)s5)c5sc(C)cc5c(-c5ccc(CC(CC)CCCC)s5)c4s3)c2s1. The molecule has 0 saturated heterocycles. The number of fused-ring (bicyclic) bond motifs is 6. The first-order valence-corrected chi connectivity index (χ1v) is 55.2. The van der Waals surface area contributed by atoms with Gasteiger partial charge in [0.15, 0.2) is 17.4 Å². The van der Waals surface area contributed by atoms with E-state index in [9.17, 15) is 4.79 Å². The second-order valence-corrected chi connectivity index (χ2v) is 47.3. The Kier molecular flexibility index (Phi) is 32.2. The number of hydrogen-bond donors (Lipinski definition) is 0. The van der Waals surface area contributed by atoms with Gasteiger partial charge in [0.05, 0.1) is 28.9 Å². The summed E-state index contributed by atoms with van der Waals surface area (Å²) in [5.74, 6) is 2.53. The molecule has 12 heterocycles. The van der Waals surface area contributed by atoms with Gasteiger partial charge in [-0.3, -0.25) is 9.59 Å². The molecule has 0 spiro atoms. The van der Waals surface area contributed by atoms with Crippen molar-refractivity contribution < 1.29 is 14.0 Å². The number of carbonyl (C=O) groups excluding carboxylic acids is 2. The maximum absolute atomic E-state index is 17.2. The first kappa shape index (κ1) is 89.0. The van der Waals surface area contributed by atoms with E-state index in [1.165, 1.54) is 308 Å². The molecule has 0 aliphatic heterocycles. The van der Waals surface area contributed by atoms with E-state index in [0.717, 1.165) is 82.0 Å². The summed E-state index contributed by atoms with van der Waals surface area (Å²) >= 11 is 22.7. The van der Waals surface area contributed by atoms with Crippen LogP contribution < -0.4 is 0 Å². The largest absolute Gasteiger partial charge is 0.293 e. The zero-order valence-corrected chi connectivity index (χ0v) is 81.7. The zero-order chi connectivity index (χ0) is 81.8. The van der Waals surface area contributed by atoms with Gasteiger partial charge in [0.1, 0.15) is 4.88 Å². The summed E-state index contributed by atoms with van der Waals surface area (Å²) in [5.41, 5.74) is 5.38. The predicted octanol–water partition coefficient (Wildman–Crippen LogP) is 39.5. The minimum Gasteiger partial charge on any atom is -0.293 e. The average Bonchev–Trinajstić information content (AvgIpc) is 1.56. The Morgan fingerprint density at radius 1 is 0.308 bits per heavy atom. The van der Waals surface area contributed by atoms with Gasteiger partial charge in [-0.1, -0.05) is 249 Å². The lowest BCUT2D eigenvalue weighted by Crippen LogP contribution is -2.01. The molecule has 2 nitrogen and oxygen atoms in total. The Bertz CT molecular complexity index is 5390. The third-order valence-electron chi connectivity index (χ3n) is 25.1. The van der Waals surface area contributed by atoms with E-state index < -0.39 is 0 Å². The summed E-state index contributed by atoms with van der Waals surface area (Å²) < 4.78 is 24.7. The molecule has 624 valence electrons. The topological polar surface area (TPSA) is 34.1 Å². The van der Waals surface area contributed by atoms with Crippen molar-refractivity contribution in [3.8, 4) is 71.0 Å². The van der Waals surface area contributed by atoms with Gasteiger partial charge < -0.3 is 0 Å². The molecule has 0 bridgehead atoms. The van der Waals surface area contributed by atoms with E-state index in [4.69, 9.17) is 0 Å². The Hall–Kier alpha value is -4.33. The first-order chi connectivity index (χ1) is 57.1. The van der Waals surface area contributed by atoms with Gasteiger partial charge in [0, 0.05) is 150 Å². The Morgan fingerprint density at radius 3 is 1.05 bits per heavy atom. The molecule has 117 heavy (non-hydrogen) atoms. The van der Waals surface area contributed by atoms with Crippen molar-refractivity contribution in [2.75, 3.05) is 0 Å². The molecule has 14 rings (SSSR count). The second-order valence-electron chi connectivity index (χ2n) is 33.8. The quantitative estimate of drug-likeness (QED) is 0.0281. The molecule has 0 N–H and O–H groups in total. The van der Waals surface area contributed by atoms with Crippen molar-refractivity contribution >= 4 is 208 Å². The van der Waals surface area contributed by atoms with Crippen LogP contribution >= 0.6 is 136 Å². The number of unbranched alkanes of at least 4 members (excludes halogenated alkanes) is 16. The van der Waals surface area contributed by atoms with Gasteiger partial charge in [0.2, 0.25) is 0 Å². The maximum Gasteiger partial charge on any atom is 0.175 e. The fourth-order valence-corrected chi connectivity index (χ4v) is 33.4. The monoisotopic (exact) mass is 1780 g/mol. The Balaban J connectivity index is 0.986. The molecule has 0 aliphatic carbocycles. The minimum atomic E-state index is -0.321. The molecular weight excluding hydrogens is 1660 g/mol. The smallest absolute Gasteiger partial charge is 0.175 e. The number of halogens is 1.